The Balaban J connectivity index is 1.59. The highest BCUT2D eigenvalue weighted by Crippen LogP contribution is 2.14. The van der Waals surface area contributed by atoms with Crippen LogP contribution in [0.5, 0.6) is 11.5 Å². The molecule has 0 atom stereocenters. The van der Waals surface area contributed by atoms with Crippen LogP contribution in [0.1, 0.15) is 16.8 Å². The number of carbonyl (C=O) groups excluding carboxylic acids is 2. The van der Waals surface area contributed by atoms with Crippen LogP contribution in [0.25, 0.3) is 0 Å². The number of aromatic hydroxyl groups is 1. The molecule has 3 N–H and O–H groups in total. The van der Waals surface area contributed by atoms with E-state index in [1.54, 1.807) is 12.1 Å². The van der Waals surface area contributed by atoms with E-state index in [0.717, 1.165) is 5.75 Å². The number of carbonyl (C=O) groups is 2. The van der Waals surface area contributed by atoms with Crippen molar-refractivity contribution in [1.82, 2.24) is 10.6 Å². The van der Waals surface area contributed by atoms with Crippen LogP contribution < -0.4 is 15.4 Å². The first-order valence-electron chi connectivity index (χ1n) is 7.67. The molecule has 0 spiro atoms. The lowest BCUT2D eigenvalue weighted by atomic mass is 10.2. The molecular weight excluding hydrogens is 308 g/mol. The van der Waals surface area contributed by atoms with Crippen LogP contribution in [-0.4, -0.2) is 36.6 Å². The number of phenolic OH excluding ortho intramolecular Hbond substituents is 1. The maximum absolute atomic E-state index is 11.8. The van der Waals surface area contributed by atoms with E-state index in [1.165, 1.54) is 12.1 Å². The van der Waals surface area contributed by atoms with Gasteiger partial charge in [-0.15, -0.1) is 0 Å². The summed E-state index contributed by atoms with van der Waals surface area (Å²) < 4.78 is 5.43. The second-order valence-electron chi connectivity index (χ2n) is 5.03. The molecule has 2 aromatic carbocycles. The molecule has 6 nitrogen and oxygen atoms in total. The van der Waals surface area contributed by atoms with Crippen LogP contribution in [-0.2, 0) is 4.79 Å². The van der Waals surface area contributed by atoms with Gasteiger partial charge in [0.25, 0.3) is 5.91 Å². The van der Waals surface area contributed by atoms with Crippen LogP contribution in [0.2, 0.25) is 0 Å². The number of hydrogen-bond donors (Lipinski definition) is 3. The highest BCUT2D eigenvalue weighted by molar-refractivity contribution is 5.96. The Morgan fingerprint density at radius 3 is 2.33 bits per heavy atom. The predicted molar refractivity (Wildman–Crippen MR) is 90.0 cm³/mol. The summed E-state index contributed by atoms with van der Waals surface area (Å²) in [5, 5.41) is 14.9. The maximum Gasteiger partial charge on any atom is 0.255 e. The molecule has 24 heavy (non-hydrogen) atoms. The number of para-hydroxylation sites is 2. The summed E-state index contributed by atoms with van der Waals surface area (Å²) in [6.45, 7) is 0.877. The fourth-order valence-corrected chi connectivity index (χ4v) is 2.01. The molecule has 0 heterocycles. The topological polar surface area (TPSA) is 87.7 Å². The molecule has 0 radical (unpaired) electrons. The van der Waals surface area contributed by atoms with Crippen molar-refractivity contribution in [1.29, 1.82) is 0 Å². The Kier molecular flexibility index (Phi) is 6.64. The largest absolute Gasteiger partial charge is 0.507 e. The molecule has 2 rings (SSSR count). The minimum absolute atomic E-state index is 0.0721. The lowest BCUT2D eigenvalue weighted by molar-refractivity contribution is -0.121. The Morgan fingerprint density at radius 2 is 1.58 bits per heavy atom. The Hall–Kier alpha value is -3.02. The van der Waals surface area contributed by atoms with Crippen molar-refractivity contribution in [3.63, 3.8) is 0 Å². The van der Waals surface area contributed by atoms with E-state index in [1.807, 2.05) is 30.3 Å². The number of nitrogens with one attached hydrogen (secondary N) is 2. The third-order valence-electron chi connectivity index (χ3n) is 3.22. The van der Waals surface area contributed by atoms with Crippen molar-refractivity contribution in [3.05, 3.63) is 60.2 Å². The molecule has 2 amide bonds. The van der Waals surface area contributed by atoms with E-state index >= 15 is 0 Å². The van der Waals surface area contributed by atoms with Gasteiger partial charge in [-0.25, -0.2) is 0 Å². The number of rotatable bonds is 8. The van der Waals surface area contributed by atoms with Gasteiger partial charge in [-0.05, 0) is 24.3 Å². The summed E-state index contributed by atoms with van der Waals surface area (Å²) >= 11 is 0. The molecule has 0 aliphatic carbocycles. The zero-order valence-electron chi connectivity index (χ0n) is 13.2. The number of benzene rings is 2. The summed E-state index contributed by atoms with van der Waals surface area (Å²) in [6.07, 6.45) is 0.238. The summed E-state index contributed by atoms with van der Waals surface area (Å²) in [4.78, 5) is 23.5. The van der Waals surface area contributed by atoms with Crippen LogP contribution in [0.4, 0.5) is 0 Å². The predicted octanol–water partition coefficient (Wildman–Crippen LogP) is 1.71. The normalized spacial score (nSPS) is 10.0. The van der Waals surface area contributed by atoms with Gasteiger partial charge in [-0.3, -0.25) is 9.59 Å². The lowest BCUT2D eigenvalue weighted by Crippen LogP contribution is -2.35. The van der Waals surface area contributed by atoms with Crippen molar-refractivity contribution < 1.29 is 19.4 Å². The van der Waals surface area contributed by atoms with Crippen molar-refractivity contribution in [3.8, 4) is 11.5 Å². The van der Waals surface area contributed by atoms with E-state index in [0.29, 0.717) is 13.2 Å². The van der Waals surface area contributed by atoms with Gasteiger partial charge in [-0.2, -0.15) is 0 Å². The first-order valence-corrected chi connectivity index (χ1v) is 7.67. The fraction of sp³-hybridized carbons (Fsp3) is 0.222. The van der Waals surface area contributed by atoms with Gasteiger partial charge >= 0.3 is 0 Å². The van der Waals surface area contributed by atoms with Crippen molar-refractivity contribution in [2.24, 2.45) is 0 Å². The maximum atomic E-state index is 11.8. The van der Waals surface area contributed by atoms with E-state index in [-0.39, 0.29) is 36.1 Å². The standard InChI is InChI=1S/C18H20N2O4/c21-16-9-5-4-8-15(16)18(23)20-12-11-19-17(22)10-13-24-14-6-2-1-3-7-14/h1-9,21H,10-13H2,(H,19,22)(H,20,23). The molecule has 2 aromatic rings. The van der Waals surface area contributed by atoms with Crippen molar-refractivity contribution in [2.75, 3.05) is 19.7 Å². The number of phenols is 1. The van der Waals surface area contributed by atoms with Gasteiger partial charge in [0.05, 0.1) is 18.6 Å². The van der Waals surface area contributed by atoms with Gasteiger partial charge in [0.2, 0.25) is 5.91 Å². The average molecular weight is 328 g/mol. The van der Waals surface area contributed by atoms with Crippen LogP contribution in [0, 0.1) is 0 Å². The number of ether oxygens (including phenoxy) is 1. The van der Waals surface area contributed by atoms with E-state index in [2.05, 4.69) is 10.6 Å². The number of hydrogen-bond acceptors (Lipinski definition) is 4. The Bertz CT molecular complexity index is 674. The van der Waals surface area contributed by atoms with Gasteiger partial charge in [0.15, 0.2) is 0 Å². The van der Waals surface area contributed by atoms with Crippen LogP contribution in [0.3, 0.4) is 0 Å². The zero-order chi connectivity index (χ0) is 17.2. The van der Waals surface area contributed by atoms with Gasteiger partial charge in [-0.1, -0.05) is 30.3 Å². The first-order chi connectivity index (χ1) is 11.7. The van der Waals surface area contributed by atoms with Crippen LogP contribution in [0.15, 0.2) is 54.6 Å². The molecule has 0 aliphatic rings. The molecule has 0 unspecified atom stereocenters. The molecule has 0 saturated heterocycles. The number of amides is 2. The molecule has 0 fully saturated rings. The molecule has 6 heteroatoms. The van der Waals surface area contributed by atoms with Crippen LogP contribution >= 0.6 is 0 Å². The fourth-order valence-electron chi connectivity index (χ4n) is 2.01. The average Bonchev–Trinajstić information content (AvgIpc) is 2.60. The van der Waals surface area contributed by atoms with E-state index in [4.69, 9.17) is 4.74 Å². The second kappa shape index (κ2) is 9.19. The summed E-state index contributed by atoms with van der Waals surface area (Å²) in [6, 6.07) is 15.6. The third-order valence-corrected chi connectivity index (χ3v) is 3.22. The molecule has 0 bridgehead atoms. The van der Waals surface area contributed by atoms with Crippen molar-refractivity contribution >= 4 is 11.8 Å². The lowest BCUT2D eigenvalue weighted by Gasteiger charge is -2.09. The Morgan fingerprint density at radius 1 is 0.917 bits per heavy atom. The quantitative estimate of drug-likeness (QED) is 0.644. The minimum Gasteiger partial charge on any atom is -0.507 e. The second-order valence-corrected chi connectivity index (χ2v) is 5.03. The SMILES string of the molecule is O=C(CCOc1ccccc1)NCCNC(=O)c1ccccc1O. The molecule has 126 valence electrons. The molecule has 0 aliphatic heterocycles. The summed E-state index contributed by atoms with van der Waals surface area (Å²) in [5.74, 6) is 0.120. The van der Waals surface area contributed by atoms with Gasteiger partial charge in [0.1, 0.15) is 11.5 Å². The minimum atomic E-state index is -0.380. The highest BCUT2D eigenvalue weighted by atomic mass is 16.5. The third kappa shape index (κ3) is 5.64. The highest BCUT2D eigenvalue weighted by Gasteiger charge is 2.09. The van der Waals surface area contributed by atoms with Gasteiger partial charge in [0, 0.05) is 13.1 Å². The molecular formula is C18H20N2O4. The van der Waals surface area contributed by atoms with Crippen molar-refractivity contribution in [2.45, 2.75) is 6.42 Å². The molecule has 0 aromatic heterocycles. The van der Waals surface area contributed by atoms with E-state index < -0.39 is 0 Å². The first kappa shape index (κ1) is 17.3. The molecule has 0 saturated carbocycles. The summed E-state index contributed by atoms with van der Waals surface area (Å²) in [5.41, 5.74) is 0.208. The van der Waals surface area contributed by atoms with Gasteiger partial charge < -0.3 is 20.5 Å². The zero-order valence-corrected chi connectivity index (χ0v) is 13.2. The summed E-state index contributed by atoms with van der Waals surface area (Å²) in [7, 11) is 0. The monoisotopic (exact) mass is 328 g/mol. The Labute approximate surface area is 140 Å². The van der Waals surface area contributed by atoms with E-state index in [9.17, 15) is 14.7 Å². The smallest absolute Gasteiger partial charge is 0.255 e.